The monoisotopic (exact) mass is 355 g/mol. The molecule has 2 saturated heterocycles. The van der Waals surface area contributed by atoms with Gasteiger partial charge in [0.05, 0.1) is 38.5 Å². The zero-order valence-electron chi connectivity index (χ0n) is 15.5. The number of ether oxygens (including phenoxy) is 3. The Bertz CT molecular complexity index is 434. The molecule has 2 aliphatic rings. The van der Waals surface area contributed by atoms with Crippen molar-refractivity contribution in [2.45, 2.75) is 70.3 Å². The highest BCUT2D eigenvalue weighted by Crippen LogP contribution is 2.38. The molecule has 0 radical (unpaired) electrons. The molecule has 0 aromatic rings. The van der Waals surface area contributed by atoms with Crippen LogP contribution in [0.3, 0.4) is 0 Å². The molecule has 0 aliphatic carbocycles. The minimum absolute atomic E-state index is 0.0417. The molecule has 25 heavy (non-hydrogen) atoms. The number of carboxylic acids is 1. The van der Waals surface area contributed by atoms with Gasteiger partial charge in [-0.25, -0.2) is 0 Å². The lowest BCUT2D eigenvalue weighted by Gasteiger charge is -2.47. The van der Waals surface area contributed by atoms with E-state index in [1.165, 1.54) is 32.1 Å². The van der Waals surface area contributed by atoms with Crippen LogP contribution in [0.25, 0.3) is 0 Å². The van der Waals surface area contributed by atoms with E-state index < -0.39 is 11.8 Å². The first kappa shape index (κ1) is 20.4. The molecule has 0 amide bonds. The third kappa shape index (κ3) is 5.51. The normalized spacial score (nSPS) is 28.8. The molecule has 2 heterocycles. The highest BCUT2D eigenvalue weighted by Gasteiger charge is 2.54. The highest BCUT2D eigenvalue weighted by molar-refractivity contribution is 5.69. The minimum Gasteiger partial charge on any atom is -0.480 e. The molecule has 0 saturated carbocycles. The van der Waals surface area contributed by atoms with Crippen molar-refractivity contribution in [1.29, 1.82) is 0 Å². The number of nitrogens with one attached hydrogen (secondary N) is 1. The molecule has 2 N–H and O–H groups in total. The fraction of sp³-hybridized carbons (Fsp3) is 0.842. The first-order chi connectivity index (χ1) is 12.1. The number of rotatable bonds is 10. The minimum atomic E-state index is -0.898. The average Bonchev–Trinajstić information content (AvgIpc) is 3.07. The van der Waals surface area contributed by atoms with Gasteiger partial charge in [-0.1, -0.05) is 51.7 Å². The molecule has 1 spiro atoms. The van der Waals surface area contributed by atoms with Gasteiger partial charge in [-0.05, 0) is 12.8 Å². The smallest absolute Gasteiger partial charge is 0.317 e. The Morgan fingerprint density at radius 1 is 1.24 bits per heavy atom. The van der Waals surface area contributed by atoms with Gasteiger partial charge in [-0.3, -0.25) is 10.1 Å². The molecule has 2 fully saturated rings. The summed E-state index contributed by atoms with van der Waals surface area (Å²) < 4.78 is 17.9. The van der Waals surface area contributed by atoms with Crippen molar-refractivity contribution in [2.75, 3.05) is 26.4 Å². The molecule has 2 rings (SSSR count). The SMILES string of the molecule is CCCCCCC/C=C/[C@@H]1OC[C@H](C)C2(OCCO2)[C@H]1NCC(=O)O. The number of allylic oxidation sites excluding steroid dienone is 1. The summed E-state index contributed by atoms with van der Waals surface area (Å²) in [6, 6.07) is -0.328. The van der Waals surface area contributed by atoms with Crippen LogP contribution >= 0.6 is 0 Å². The largest absolute Gasteiger partial charge is 0.480 e. The number of hydrogen-bond acceptors (Lipinski definition) is 5. The van der Waals surface area contributed by atoms with Crippen molar-refractivity contribution in [1.82, 2.24) is 5.32 Å². The van der Waals surface area contributed by atoms with Crippen LogP contribution in [0.4, 0.5) is 0 Å². The van der Waals surface area contributed by atoms with Gasteiger partial charge in [-0.15, -0.1) is 0 Å². The van der Waals surface area contributed by atoms with E-state index in [4.69, 9.17) is 19.3 Å². The van der Waals surface area contributed by atoms with Crippen LogP contribution in [0, 0.1) is 5.92 Å². The quantitative estimate of drug-likeness (QED) is 0.463. The number of carboxylic acid groups (broad SMARTS) is 1. The van der Waals surface area contributed by atoms with Crippen molar-refractivity contribution in [2.24, 2.45) is 5.92 Å². The summed E-state index contributed by atoms with van der Waals surface area (Å²) in [6.07, 6.45) is 11.2. The van der Waals surface area contributed by atoms with Crippen LogP contribution in [-0.2, 0) is 19.0 Å². The highest BCUT2D eigenvalue weighted by atomic mass is 16.7. The number of aliphatic carboxylic acids is 1. The number of carbonyl (C=O) groups is 1. The van der Waals surface area contributed by atoms with E-state index in [0.717, 1.165) is 6.42 Å². The van der Waals surface area contributed by atoms with Gasteiger partial charge >= 0.3 is 5.97 Å². The van der Waals surface area contributed by atoms with Gasteiger partial charge in [0.15, 0.2) is 5.79 Å². The van der Waals surface area contributed by atoms with Gasteiger partial charge in [0.2, 0.25) is 0 Å². The van der Waals surface area contributed by atoms with Crippen LogP contribution < -0.4 is 5.32 Å². The van der Waals surface area contributed by atoms with Crippen LogP contribution in [0.1, 0.15) is 52.4 Å². The fourth-order valence-corrected chi connectivity index (χ4v) is 3.63. The molecule has 0 unspecified atom stereocenters. The van der Waals surface area contributed by atoms with Gasteiger partial charge < -0.3 is 19.3 Å². The van der Waals surface area contributed by atoms with E-state index in [9.17, 15) is 4.79 Å². The summed E-state index contributed by atoms with van der Waals surface area (Å²) in [5, 5.41) is 12.1. The zero-order valence-corrected chi connectivity index (χ0v) is 15.5. The molecular weight excluding hydrogens is 322 g/mol. The van der Waals surface area contributed by atoms with E-state index >= 15 is 0 Å². The predicted octanol–water partition coefficient (Wildman–Crippen LogP) is 2.72. The third-order valence-electron chi connectivity index (χ3n) is 5.00. The van der Waals surface area contributed by atoms with Crippen molar-refractivity contribution >= 4 is 5.97 Å². The van der Waals surface area contributed by atoms with Crippen LogP contribution in [-0.4, -0.2) is 55.4 Å². The molecule has 2 aliphatic heterocycles. The van der Waals surface area contributed by atoms with Gasteiger partial charge in [0, 0.05) is 5.92 Å². The Morgan fingerprint density at radius 3 is 2.64 bits per heavy atom. The predicted molar refractivity (Wildman–Crippen MR) is 95.5 cm³/mol. The summed E-state index contributed by atoms with van der Waals surface area (Å²) in [6.45, 7) is 5.70. The van der Waals surface area contributed by atoms with Crippen molar-refractivity contribution in [3.05, 3.63) is 12.2 Å². The maximum Gasteiger partial charge on any atom is 0.317 e. The Kier molecular flexibility index (Phi) is 8.36. The maximum absolute atomic E-state index is 11.0. The number of unbranched alkanes of at least 4 members (excludes halogenated alkanes) is 5. The lowest BCUT2D eigenvalue weighted by molar-refractivity contribution is -0.263. The van der Waals surface area contributed by atoms with Crippen LogP contribution in [0.2, 0.25) is 0 Å². The summed E-state index contributed by atoms with van der Waals surface area (Å²) in [7, 11) is 0. The van der Waals surface area contributed by atoms with E-state index in [-0.39, 0.29) is 24.6 Å². The molecule has 0 aromatic heterocycles. The number of hydrogen-bond donors (Lipinski definition) is 2. The lowest BCUT2D eigenvalue weighted by atomic mass is 9.86. The summed E-state index contributed by atoms with van der Waals surface area (Å²) in [5.41, 5.74) is 0. The fourth-order valence-electron chi connectivity index (χ4n) is 3.63. The topological polar surface area (TPSA) is 77.0 Å². The first-order valence-electron chi connectivity index (χ1n) is 9.61. The standard InChI is InChI=1S/C19H33NO5/c1-3-4-5-6-7-8-9-10-16-18(20-13-17(21)22)19(15(2)14-23-16)24-11-12-25-19/h9-10,15-16,18,20H,3-8,11-14H2,1-2H3,(H,21,22)/b10-9+/t15-,16-,18-/m0/s1. The van der Waals surface area contributed by atoms with Gasteiger partial charge in [-0.2, -0.15) is 0 Å². The maximum atomic E-state index is 11.0. The second-order valence-corrected chi connectivity index (χ2v) is 7.00. The summed E-state index contributed by atoms with van der Waals surface area (Å²) in [4.78, 5) is 11.0. The molecule has 6 nitrogen and oxygen atoms in total. The molecule has 144 valence electrons. The molecule has 0 aromatic carbocycles. The molecule has 3 atom stereocenters. The zero-order chi connectivity index (χ0) is 18.1. The average molecular weight is 355 g/mol. The second kappa shape index (κ2) is 10.3. The van der Waals surface area contributed by atoms with Crippen molar-refractivity contribution in [3.63, 3.8) is 0 Å². The van der Waals surface area contributed by atoms with Gasteiger partial charge in [0.1, 0.15) is 0 Å². The first-order valence-corrected chi connectivity index (χ1v) is 9.61. The summed E-state index contributed by atoms with van der Waals surface area (Å²) in [5.74, 6) is -1.66. The van der Waals surface area contributed by atoms with Gasteiger partial charge in [0.25, 0.3) is 0 Å². The van der Waals surface area contributed by atoms with E-state index in [2.05, 4.69) is 18.3 Å². The second-order valence-electron chi connectivity index (χ2n) is 7.00. The van der Waals surface area contributed by atoms with Crippen LogP contribution in [0.15, 0.2) is 12.2 Å². The molecular formula is C19H33NO5. The van der Waals surface area contributed by atoms with Crippen molar-refractivity contribution in [3.8, 4) is 0 Å². The Hall–Kier alpha value is -0.950. The molecule has 6 heteroatoms. The van der Waals surface area contributed by atoms with Crippen molar-refractivity contribution < 1.29 is 24.1 Å². The molecule has 0 bridgehead atoms. The summed E-state index contributed by atoms with van der Waals surface area (Å²) >= 11 is 0. The Labute approximate surface area is 150 Å². The Balaban J connectivity index is 1.95. The Morgan fingerprint density at radius 2 is 1.96 bits per heavy atom. The lowest BCUT2D eigenvalue weighted by Crippen LogP contribution is -2.65. The van der Waals surface area contributed by atoms with E-state index in [1.54, 1.807) is 0 Å². The van der Waals surface area contributed by atoms with E-state index in [1.807, 2.05) is 13.0 Å². The van der Waals surface area contributed by atoms with Crippen LogP contribution in [0.5, 0.6) is 0 Å². The third-order valence-corrected chi connectivity index (χ3v) is 5.00. The van der Waals surface area contributed by atoms with E-state index in [0.29, 0.717) is 19.8 Å².